The molecule has 1 nitrogen and oxygen atoms in total. The molecule has 0 heterocycles. The summed E-state index contributed by atoms with van der Waals surface area (Å²) < 4.78 is 10.8. The number of hydrogen-bond donors (Lipinski definition) is 1. The molecule has 0 fully saturated rings. The van der Waals surface area contributed by atoms with Gasteiger partial charge in [-0.2, -0.15) is 4.39 Å². The Labute approximate surface area is 29.7 Å². The Balaban J connectivity index is 3.14. The van der Waals surface area contributed by atoms with Crippen molar-refractivity contribution < 1.29 is 9.50 Å². The Bertz CT molecular complexity index is 44.9. The summed E-state index contributed by atoms with van der Waals surface area (Å²) in [6.07, 6.45) is 0.722. The third kappa shape index (κ3) is 3.47. The molecule has 0 aliphatic rings. The van der Waals surface area contributed by atoms with E-state index in [2.05, 4.69) is 6.92 Å². The molecule has 0 aromatic heterocycles. The second-order valence-corrected chi connectivity index (χ2v) is 0.527. The minimum atomic E-state index is -1.23. The normalized spacial score (nSPS) is 12.0. The van der Waals surface area contributed by atoms with Crippen LogP contribution in [0.3, 0.4) is 0 Å². The molecule has 0 unspecified atom stereocenters. The second-order valence-electron chi connectivity index (χ2n) is 0.527. The van der Waals surface area contributed by atoms with Crippen LogP contribution in [0.25, 0.3) is 0 Å². The lowest BCUT2D eigenvalue weighted by Gasteiger charge is -1.69. The van der Waals surface area contributed by atoms with Crippen LogP contribution in [0.15, 0.2) is 12.1 Å². The van der Waals surface area contributed by atoms with Gasteiger partial charge in [-0.15, -0.1) is 0 Å². The smallest absolute Gasteiger partial charge is 0.266 e. The molecule has 0 rings (SSSR count). The molecule has 0 atom stereocenters. The maximum Gasteiger partial charge on any atom is 0.266 e. The molecule has 0 amide bonds. The van der Waals surface area contributed by atoms with Gasteiger partial charge in [0, 0.05) is 0 Å². The number of halogens is 1. The van der Waals surface area contributed by atoms with Crippen molar-refractivity contribution in [3.05, 3.63) is 19.0 Å². The van der Waals surface area contributed by atoms with Gasteiger partial charge in [-0.05, 0) is 13.0 Å². The van der Waals surface area contributed by atoms with Crippen molar-refractivity contribution in [1.29, 1.82) is 0 Å². The van der Waals surface area contributed by atoms with Gasteiger partial charge in [0.15, 0.2) is 0 Å². The van der Waals surface area contributed by atoms with E-state index in [9.17, 15) is 4.39 Å². The predicted octanol–water partition coefficient (Wildman–Crippen LogP) is 1.19. The molecule has 0 saturated carbocycles. The number of aliphatic hydroxyl groups is 1. The molecule has 0 aliphatic heterocycles. The molecule has 5 heavy (non-hydrogen) atoms. The van der Waals surface area contributed by atoms with E-state index in [0.29, 0.717) is 0 Å². The van der Waals surface area contributed by atoms with Crippen molar-refractivity contribution in [3.8, 4) is 0 Å². The zero-order chi connectivity index (χ0) is 4.28. The summed E-state index contributed by atoms with van der Waals surface area (Å²) in [5, 5.41) is 7.49. The van der Waals surface area contributed by atoms with Gasteiger partial charge in [-0.3, -0.25) is 0 Å². The lowest BCUT2D eigenvalue weighted by Crippen LogP contribution is -1.57. The van der Waals surface area contributed by atoms with E-state index in [0.717, 1.165) is 6.08 Å². The molecule has 0 aromatic carbocycles. The van der Waals surface area contributed by atoms with E-state index in [-0.39, 0.29) is 0 Å². The fraction of sp³-hybridized carbons (Fsp3) is 0. The van der Waals surface area contributed by atoms with Crippen molar-refractivity contribution in [1.82, 2.24) is 0 Å². The molecular weight excluding hydrogens is 71.0 g/mol. The van der Waals surface area contributed by atoms with Gasteiger partial charge in [0.2, 0.25) is 0 Å². The van der Waals surface area contributed by atoms with Gasteiger partial charge in [0.05, 0.1) is 0 Å². The van der Waals surface area contributed by atoms with Crippen LogP contribution in [-0.2, 0) is 0 Å². The monoisotopic (exact) mass is 75.0 g/mol. The standard InChI is InChI=1S/C3H4FO/c1-2-3(4)5/h2,5H,1H2. The molecule has 29 valence electrons. The Hall–Kier alpha value is -0.530. The molecule has 1 N–H and O–H groups in total. The SMILES string of the molecule is [CH2]C=C(O)F. The summed E-state index contributed by atoms with van der Waals surface area (Å²) in [6, 6.07) is -1.23. The van der Waals surface area contributed by atoms with Crippen molar-refractivity contribution in [2.75, 3.05) is 0 Å². The van der Waals surface area contributed by atoms with E-state index in [1.54, 1.807) is 0 Å². The summed E-state index contributed by atoms with van der Waals surface area (Å²) in [5.41, 5.74) is 0. The van der Waals surface area contributed by atoms with Crippen LogP contribution in [0.2, 0.25) is 0 Å². The van der Waals surface area contributed by atoms with Crippen LogP contribution in [0.4, 0.5) is 4.39 Å². The average molecular weight is 75.1 g/mol. The van der Waals surface area contributed by atoms with Crippen molar-refractivity contribution in [2.45, 2.75) is 0 Å². The van der Waals surface area contributed by atoms with E-state index < -0.39 is 6.01 Å². The van der Waals surface area contributed by atoms with Gasteiger partial charge in [-0.1, -0.05) is 0 Å². The highest BCUT2D eigenvalue weighted by Gasteiger charge is 1.70. The third-order valence-corrected chi connectivity index (χ3v) is 0.168. The molecule has 0 aromatic rings. The predicted molar refractivity (Wildman–Crippen MR) is 17.2 cm³/mol. The van der Waals surface area contributed by atoms with E-state index in [1.807, 2.05) is 0 Å². The zero-order valence-corrected chi connectivity index (χ0v) is 2.61. The first-order chi connectivity index (χ1) is 2.27. The first-order valence-electron chi connectivity index (χ1n) is 1.11. The zero-order valence-electron chi connectivity index (χ0n) is 2.61. The summed E-state index contributed by atoms with van der Waals surface area (Å²) in [7, 11) is 0. The van der Waals surface area contributed by atoms with Crippen LogP contribution >= 0.6 is 0 Å². The first-order valence-corrected chi connectivity index (χ1v) is 1.11. The molecule has 0 spiro atoms. The van der Waals surface area contributed by atoms with E-state index in [4.69, 9.17) is 5.11 Å². The van der Waals surface area contributed by atoms with Gasteiger partial charge in [0.25, 0.3) is 6.01 Å². The van der Waals surface area contributed by atoms with Crippen LogP contribution in [0, 0.1) is 6.92 Å². The first kappa shape index (κ1) is 4.47. The van der Waals surface area contributed by atoms with Crippen LogP contribution in [0.5, 0.6) is 0 Å². The second kappa shape index (κ2) is 1.76. The van der Waals surface area contributed by atoms with Crippen LogP contribution in [0.1, 0.15) is 0 Å². The lowest BCUT2D eigenvalue weighted by atomic mass is 10.7. The quantitative estimate of drug-likeness (QED) is 0.429. The van der Waals surface area contributed by atoms with E-state index in [1.165, 1.54) is 0 Å². The van der Waals surface area contributed by atoms with Crippen molar-refractivity contribution in [3.63, 3.8) is 0 Å². The molecule has 0 bridgehead atoms. The van der Waals surface area contributed by atoms with Gasteiger partial charge < -0.3 is 5.11 Å². The Kier molecular flexibility index (Phi) is 1.57. The number of aliphatic hydroxyl groups excluding tert-OH is 1. The number of rotatable bonds is 0. The summed E-state index contributed by atoms with van der Waals surface area (Å²) in [4.78, 5) is 0. The maximum atomic E-state index is 10.8. The maximum absolute atomic E-state index is 10.8. The van der Waals surface area contributed by atoms with Crippen molar-refractivity contribution >= 4 is 0 Å². The minimum absolute atomic E-state index is 0.722. The van der Waals surface area contributed by atoms with Gasteiger partial charge in [0.1, 0.15) is 0 Å². The highest BCUT2D eigenvalue weighted by atomic mass is 19.1. The Morgan fingerprint density at radius 3 is 2.20 bits per heavy atom. The fourth-order valence-electron chi connectivity index (χ4n) is 0. The summed E-state index contributed by atoms with van der Waals surface area (Å²) in [5.74, 6) is 0. The number of allylic oxidation sites excluding steroid dienone is 1. The highest BCUT2D eigenvalue weighted by molar-refractivity contribution is 4.81. The summed E-state index contributed by atoms with van der Waals surface area (Å²) >= 11 is 0. The fourth-order valence-corrected chi connectivity index (χ4v) is 0. The van der Waals surface area contributed by atoms with Crippen LogP contribution in [-0.4, -0.2) is 5.11 Å². The van der Waals surface area contributed by atoms with Gasteiger partial charge in [-0.25, -0.2) is 0 Å². The third-order valence-electron chi connectivity index (χ3n) is 0.168. The molecule has 0 aliphatic carbocycles. The minimum Gasteiger partial charge on any atom is -0.487 e. The molecular formula is C3H4FO. The molecule has 0 saturated heterocycles. The van der Waals surface area contributed by atoms with Gasteiger partial charge >= 0.3 is 0 Å². The molecule has 2 heteroatoms. The van der Waals surface area contributed by atoms with Crippen LogP contribution < -0.4 is 0 Å². The Morgan fingerprint density at radius 1 is 2.00 bits per heavy atom. The topological polar surface area (TPSA) is 20.2 Å². The largest absolute Gasteiger partial charge is 0.487 e. The highest BCUT2D eigenvalue weighted by Crippen LogP contribution is 1.81. The average Bonchev–Trinajstić information content (AvgIpc) is 1.38. The van der Waals surface area contributed by atoms with Crippen molar-refractivity contribution in [2.24, 2.45) is 0 Å². The lowest BCUT2D eigenvalue weighted by molar-refractivity contribution is 0.283. The molecule has 1 radical (unpaired) electrons. The Morgan fingerprint density at radius 2 is 2.20 bits per heavy atom. The number of hydrogen-bond acceptors (Lipinski definition) is 1. The van der Waals surface area contributed by atoms with E-state index >= 15 is 0 Å². The summed E-state index contributed by atoms with van der Waals surface area (Å²) in [6.45, 7) is 2.90.